The van der Waals surface area contributed by atoms with Crippen molar-refractivity contribution in [2.24, 2.45) is 0 Å². The van der Waals surface area contributed by atoms with Crippen LogP contribution in [0.25, 0.3) is 16.0 Å². The quantitative estimate of drug-likeness (QED) is 0.412. The summed E-state index contributed by atoms with van der Waals surface area (Å²) in [6.45, 7) is 1.86. The van der Waals surface area contributed by atoms with Crippen molar-refractivity contribution in [3.05, 3.63) is 83.5 Å². The summed E-state index contributed by atoms with van der Waals surface area (Å²) < 4.78 is 4.40. The SMILES string of the molecule is Cc1ccc(NC(=O)Cn2nc3n(Cc4cccs4)c(=O)c4sccc4n3c2=O)cc1Cl. The smallest absolute Gasteiger partial charge is 0.324 e. The van der Waals surface area contributed by atoms with Crippen LogP contribution in [-0.2, 0) is 17.9 Å². The number of aryl methyl sites for hydroxylation is 1. The maximum atomic E-state index is 13.1. The van der Waals surface area contributed by atoms with Gasteiger partial charge in [-0.2, -0.15) is 0 Å². The molecule has 0 aliphatic heterocycles. The van der Waals surface area contributed by atoms with Gasteiger partial charge in [-0.3, -0.25) is 14.2 Å². The van der Waals surface area contributed by atoms with Gasteiger partial charge in [0.05, 0.1) is 12.1 Å². The predicted molar refractivity (Wildman–Crippen MR) is 127 cm³/mol. The third-order valence-electron chi connectivity index (χ3n) is 5.03. The molecule has 0 atom stereocenters. The van der Waals surface area contributed by atoms with Crippen LogP contribution >= 0.6 is 34.3 Å². The van der Waals surface area contributed by atoms with E-state index in [2.05, 4.69) is 10.4 Å². The van der Waals surface area contributed by atoms with E-state index in [0.717, 1.165) is 15.1 Å². The highest BCUT2D eigenvalue weighted by Gasteiger charge is 2.20. The summed E-state index contributed by atoms with van der Waals surface area (Å²) in [6, 6.07) is 10.7. The first-order chi connectivity index (χ1) is 15.4. The van der Waals surface area contributed by atoms with Gasteiger partial charge >= 0.3 is 5.69 Å². The number of aromatic nitrogens is 4. The molecule has 0 saturated heterocycles. The normalized spacial score (nSPS) is 11.4. The average Bonchev–Trinajstić information content (AvgIpc) is 3.49. The minimum atomic E-state index is -0.486. The molecule has 0 aliphatic carbocycles. The number of carbonyl (C=O) groups is 1. The van der Waals surface area contributed by atoms with Crippen molar-refractivity contribution < 1.29 is 4.79 Å². The molecule has 0 bridgehead atoms. The molecule has 0 saturated carbocycles. The Labute approximate surface area is 193 Å². The Balaban J connectivity index is 1.56. The van der Waals surface area contributed by atoms with Gasteiger partial charge in [0.15, 0.2) is 0 Å². The topological polar surface area (TPSA) is 90.4 Å². The number of hydrogen-bond donors (Lipinski definition) is 1. The zero-order valence-electron chi connectivity index (χ0n) is 16.7. The number of nitrogens with zero attached hydrogens (tertiary/aromatic N) is 4. The number of amides is 1. The number of benzene rings is 1. The summed E-state index contributed by atoms with van der Waals surface area (Å²) in [5, 5.41) is 11.3. The van der Waals surface area contributed by atoms with Crippen LogP contribution in [0.2, 0.25) is 5.02 Å². The van der Waals surface area contributed by atoms with E-state index < -0.39 is 11.6 Å². The van der Waals surface area contributed by atoms with Gasteiger partial charge in [-0.1, -0.05) is 23.7 Å². The standard InChI is InChI=1S/C21H16ClN5O3S2/c1-12-4-5-13(9-15(12)22)23-17(28)11-26-21(30)27-16-6-8-32-18(16)19(29)25(20(27)24-26)10-14-3-2-7-31-14/h2-9H,10-11H2,1H3,(H,23,28). The van der Waals surface area contributed by atoms with Crippen molar-refractivity contribution in [1.29, 1.82) is 0 Å². The Morgan fingerprint density at radius 1 is 1.16 bits per heavy atom. The minimum absolute atomic E-state index is 0.200. The molecule has 1 N–H and O–H groups in total. The fraction of sp³-hybridized carbons (Fsp3) is 0.143. The Bertz CT molecular complexity index is 1590. The highest BCUT2D eigenvalue weighted by molar-refractivity contribution is 7.17. The maximum Gasteiger partial charge on any atom is 0.352 e. The molecule has 11 heteroatoms. The maximum absolute atomic E-state index is 13.1. The van der Waals surface area contributed by atoms with E-state index in [1.807, 2.05) is 24.4 Å². The van der Waals surface area contributed by atoms with Crippen molar-refractivity contribution in [1.82, 2.24) is 18.7 Å². The molecular weight excluding hydrogens is 470 g/mol. The van der Waals surface area contributed by atoms with Crippen LogP contribution in [0.4, 0.5) is 5.69 Å². The second kappa shape index (κ2) is 8.05. The van der Waals surface area contributed by atoms with Gasteiger partial charge in [-0.05, 0) is 47.5 Å². The number of halogens is 1. The lowest BCUT2D eigenvalue weighted by atomic mass is 10.2. The molecule has 32 heavy (non-hydrogen) atoms. The second-order valence-corrected chi connectivity index (χ2v) is 9.55. The molecule has 5 aromatic rings. The van der Waals surface area contributed by atoms with Crippen molar-refractivity contribution >= 4 is 61.9 Å². The third kappa shape index (κ3) is 3.56. The van der Waals surface area contributed by atoms with Crippen LogP contribution in [-0.4, -0.2) is 24.7 Å². The lowest BCUT2D eigenvalue weighted by molar-refractivity contribution is -0.117. The molecule has 5 rings (SSSR count). The summed E-state index contributed by atoms with van der Waals surface area (Å²) in [5.74, 6) is -0.227. The average molecular weight is 486 g/mol. The van der Waals surface area contributed by atoms with Gasteiger partial charge < -0.3 is 5.32 Å². The first kappa shape index (κ1) is 20.7. The van der Waals surface area contributed by atoms with E-state index in [1.54, 1.807) is 29.6 Å². The lowest BCUT2D eigenvalue weighted by Crippen LogP contribution is -2.29. The first-order valence-corrected chi connectivity index (χ1v) is 11.7. The zero-order valence-corrected chi connectivity index (χ0v) is 19.1. The van der Waals surface area contributed by atoms with E-state index in [9.17, 15) is 14.4 Å². The summed E-state index contributed by atoms with van der Waals surface area (Å²) in [6.07, 6.45) is 0. The van der Waals surface area contributed by atoms with Gasteiger partial charge in [-0.15, -0.1) is 27.8 Å². The minimum Gasteiger partial charge on any atom is -0.324 e. The van der Waals surface area contributed by atoms with Gasteiger partial charge in [-0.25, -0.2) is 13.9 Å². The Kier molecular flexibility index (Phi) is 5.20. The molecule has 0 fully saturated rings. The largest absolute Gasteiger partial charge is 0.352 e. The number of hydrogen-bond acceptors (Lipinski definition) is 6. The molecular formula is C21H16ClN5O3S2. The molecule has 4 aromatic heterocycles. The molecule has 0 unspecified atom stereocenters. The summed E-state index contributed by atoms with van der Waals surface area (Å²) >= 11 is 8.91. The highest BCUT2D eigenvalue weighted by atomic mass is 35.5. The third-order valence-corrected chi connectivity index (χ3v) is 7.19. The van der Waals surface area contributed by atoms with E-state index >= 15 is 0 Å². The van der Waals surface area contributed by atoms with Crippen LogP contribution in [0.15, 0.2) is 56.7 Å². The van der Waals surface area contributed by atoms with Gasteiger partial charge in [0.2, 0.25) is 11.7 Å². The summed E-state index contributed by atoms with van der Waals surface area (Å²) in [5.41, 5.74) is 1.20. The number of anilines is 1. The number of carbonyl (C=O) groups excluding carboxylic acids is 1. The van der Waals surface area contributed by atoms with Gasteiger partial charge in [0, 0.05) is 15.6 Å². The molecule has 1 amide bonds. The molecule has 0 aliphatic rings. The molecule has 0 radical (unpaired) electrons. The molecule has 162 valence electrons. The van der Waals surface area contributed by atoms with Crippen LogP contribution < -0.4 is 16.6 Å². The van der Waals surface area contributed by atoms with Crippen LogP contribution in [0.1, 0.15) is 10.4 Å². The first-order valence-electron chi connectivity index (χ1n) is 9.60. The van der Waals surface area contributed by atoms with E-state index in [1.165, 1.54) is 31.6 Å². The summed E-state index contributed by atoms with van der Waals surface area (Å²) in [4.78, 5) is 39.8. The fourth-order valence-electron chi connectivity index (χ4n) is 3.44. The molecule has 4 heterocycles. The number of thiophene rings is 2. The van der Waals surface area contributed by atoms with Gasteiger partial charge in [0.25, 0.3) is 5.56 Å². The molecule has 8 nitrogen and oxygen atoms in total. The van der Waals surface area contributed by atoms with Crippen molar-refractivity contribution in [3.63, 3.8) is 0 Å². The molecule has 1 aromatic carbocycles. The lowest BCUT2D eigenvalue weighted by Gasteiger charge is -2.06. The Morgan fingerprint density at radius 3 is 2.75 bits per heavy atom. The van der Waals surface area contributed by atoms with Crippen LogP contribution in [0.3, 0.4) is 0 Å². The van der Waals surface area contributed by atoms with Crippen molar-refractivity contribution in [2.45, 2.75) is 20.0 Å². The number of fused-ring (bicyclic) bond motifs is 3. The summed E-state index contributed by atoms with van der Waals surface area (Å²) in [7, 11) is 0. The van der Waals surface area contributed by atoms with Crippen LogP contribution in [0, 0.1) is 6.92 Å². The fourth-order valence-corrected chi connectivity index (χ4v) is 5.14. The Morgan fingerprint density at radius 2 is 2.00 bits per heavy atom. The molecule has 0 spiro atoms. The van der Waals surface area contributed by atoms with E-state index in [4.69, 9.17) is 11.6 Å². The highest BCUT2D eigenvalue weighted by Crippen LogP contribution is 2.21. The van der Waals surface area contributed by atoms with Crippen molar-refractivity contribution in [3.8, 4) is 0 Å². The van der Waals surface area contributed by atoms with Gasteiger partial charge in [0.1, 0.15) is 11.2 Å². The van der Waals surface area contributed by atoms with E-state index in [0.29, 0.717) is 27.5 Å². The second-order valence-electron chi connectivity index (χ2n) is 7.19. The number of rotatable bonds is 5. The van der Waals surface area contributed by atoms with Crippen molar-refractivity contribution in [2.75, 3.05) is 5.32 Å². The predicted octanol–water partition coefficient (Wildman–Crippen LogP) is 3.58. The van der Waals surface area contributed by atoms with Crippen LogP contribution in [0.5, 0.6) is 0 Å². The monoisotopic (exact) mass is 485 g/mol. The zero-order chi connectivity index (χ0) is 22.4. The Hall–Kier alpha value is -3.21. The number of nitrogens with one attached hydrogen (secondary N) is 1. The van der Waals surface area contributed by atoms with E-state index in [-0.39, 0.29) is 17.9 Å².